The number of nitrogens with one attached hydrogen (secondary N) is 1. The van der Waals surface area contributed by atoms with Gasteiger partial charge in [0.1, 0.15) is 0 Å². The highest BCUT2D eigenvalue weighted by molar-refractivity contribution is 5.85. The largest absolute Gasteiger partial charge is 0.481 e. The van der Waals surface area contributed by atoms with Gasteiger partial charge in [0.25, 0.3) is 0 Å². The van der Waals surface area contributed by atoms with Crippen molar-refractivity contribution in [1.82, 2.24) is 10.2 Å². The molecule has 1 heterocycles. The highest BCUT2D eigenvalue weighted by Gasteiger charge is 2.42. The number of likely N-dealkylation sites (tertiary alicyclic amines) is 1. The van der Waals surface area contributed by atoms with Gasteiger partial charge in [-0.15, -0.1) is 0 Å². The minimum absolute atomic E-state index is 0.107. The standard InChI is InChI=1S/C16H28N2O3/c1-13-4-9-18(10-5-13)11-8-17-14(19)12-16(15(20)21)6-2-3-7-16/h13H,2-12H2,1H3,(H,17,19)(H,20,21). The summed E-state index contributed by atoms with van der Waals surface area (Å²) in [5.74, 6) is -0.0986. The zero-order chi connectivity index (χ0) is 15.3. The summed E-state index contributed by atoms with van der Waals surface area (Å²) >= 11 is 0. The Balaban J connectivity index is 1.68. The van der Waals surface area contributed by atoms with Crippen LogP contribution in [0.25, 0.3) is 0 Å². The number of nitrogens with zero attached hydrogens (tertiary/aromatic N) is 1. The minimum atomic E-state index is -0.805. The van der Waals surface area contributed by atoms with Crippen molar-refractivity contribution >= 4 is 11.9 Å². The van der Waals surface area contributed by atoms with Crippen molar-refractivity contribution in [3.63, 3.8) is 0 Å². The summed E-state index contributed by atoms with van der Waals surface area (Å²) in [6.45, 7) is 6.00. The predicted molar refractivity (Wildman–Crippen MR) is 81.0 cm³/mol. The first-order valence-electron chi connectivity index (χ1n) is 8.24. The number of carbonyl (C=O) groups excluding carboxylic acids is 1. The molecule has 120 valence electrons. The average Bonchev–Trinajstić information content (AvgIpc) is 2.91. The smallest absolute Gasteiger partial charge is 0.310 e. The van der Waals surface area contributed by atoms with Crippen LogP contribution in [0.4, 0.5) is 0 Å². The lowest BCUT2D eigenvalue weighted by Gasteiger charge is -2.30. The monoisotopic (exact) mass is 296 g/mol. The van der Waals surface area contributed by atoms with Crippen molar-refractivity contribution in [2.24, 2.45) is 11.3 Å². The van der Waals surface area contributed by atoms with Crippen LogP contribution in [0.5, 0.6) is 0 Å². The number of hydrogen-bond acceptors (Lipinski definition) is 3. The number of carboxylic acid groups (broad SMARTS) is 1. The number of carbonyl (C=O) groups is 2. The normalized spacial score (nSPS) is 23.1. The van der Waals surface area contributed by atoms with Crippen LogP contribution in [0.15, 0.2) is 0 Å². The zero-order valence-corrected chi connectivity index (χ0v) is 13.1. The highest BCUT2D eigenvalue weighted by atomic mass is 16.4. The Labute approximate surface area is 127 Å². The summed E-state index contributed by atoms with van der Waals surface area (Å²) in [6, 6.07) is 0. The molecule has 0 spiro atoms. The van der Waals surface area contributed by atoms with Gasteiger partial charge in [-0.3, -0.25) is 9.59 Å². The number of rotatable bonds is 6. The summed E-state index contributed by atoms with van der Waals surface area (Å²) in [6.07, 6.45) is 5.72. The summed E-state index contributed by atoms with van der Waals surface area (Å²) in [4.78, 5) is 25.8. The predicted octanol–water partition coefficient (Wildman–Crippen LogP) is 1.87. The molecule has 2 rings (SSSR count). The van der Waals surface area contributed by atoms with Crippen LogP contribution in [0.1, 0.15) is 51.9 Å². The van der Waals surface area contributed by atoms with Crippen molar-refractivity contribution in [2.75, 3.05) is 26.2 Å². The van der Waals surface area contributed by atoms with E-state index >= 15 is 0 Å². The summed E-state index contributed by atoms with van der Waals surface area (Å²) in [5.41, 5.74) is -0.801. The highest BCUT2D eigenvalue weighted by Crippen LogP contribution is 2.41. The molecule has 1 saturated heterocycles. The van der Waals surface area contributed by atoms with E-state index in [1.54, 1.807) is 0 Å². The Morgan fingerprint density at radius 3 is 2.43 bits per heavy atom. The van der Waals surface area contributed by atoms with Crippen molar-refractivity contribution in [3.8, 4) is 0 Å². The molecule has 0 bridgehead atoms. The molecule has 0 unspecified atom stereocenters. The first kappa shape index (κ1) is 16.3. The van der Waals surface area contributed by atoms with Crippen LogP contribution in [0.2, 0.25) is 0 Å². The number of carboxylic acids is 1. The van der Waals surface area contributed by atoms with E-state index in [-0.39, 0.29) is 12.3 Å². The van der Waals surface area contributed by atoms with Gasteiger partial charge in [-0.1, -0.05) is 19.8 Å². The molecule has 0 aromatic rings. The molecule has 0 radical (unpaired) electrons. The van der Waals surface area contributed by atoms with Gasteiger partial charge in [0.15, 0.2) is 0 Å². The fourth-order valence-electron chi connectivity index (χ4n) is 3.53. The number of piperidine rings is 1. The third-order valence-corrected chi connectivity index (χ3v) is 5.14. The molecule has 2 aliphatic rings. The van der Waals surface area contributed by atoms with E-state index in [9.17, 15) is 14.7 Å². The van der Waals surface area contributed by atoms with Crippen molar-refractivity contribution in [2.45, 2.75) is 51.9 Å². The summed E-state index contributed by atoms with van der Waals surface area (Å²) in [7, 11) is 0. The Morgan fingerprint density at radius 2 is 1.86 bits per heavy atom. The first-order chi connectivity index (χ1) is 10.0. The van der Waals surface area contributed by atoms with Crippen LogP contribution in [0, 0.1) is 11.3 Å². The summed E-state index contributed by atoms with van der Waals surface area (Å²) in [5, 5.41) is 12.3. The Hall–Kier alpha value is -1.10. The SMILES string of the molecule is CC1CCN(CCNC(=O)CC2(C(=O)O)CCCC2)CC1. The van der Waals surface area contributed by atoms with Gasteiger partial charge in [0.2, 0.25) is 5.91 Å². The molecule has 0 atom stereocenters. The van der Waals surface area contributed by atoms with Gasteiger partial charge in [0, 0.05) is 19.5 Å². The van der Waals surface area contributed by atoms with Gasteiger partial charge in [-0.25, -0.2) is 0 Å². The molecule has 5 nitrogen and oxygen atoms in total. The summed E-state index contributed by atoms with van der Waals surface area (Å²) < 4.78 is 0. The molecule has 1 saturated carbocycles. The molecule has 5 heteroatoms. The fraction of sp³-hybridized carbons (Fsp3) is 0.875. The van der Waals surface area contributed by atoms with Gasteiger partial charge < -0.3 is 15.3 Å². The second-order valence-corrected chi connectivity index (χ2v) is 6.84. The zero-order valence-electron chi connectivity index (χ0n) is 13.1. The lowest BCUT2D eigenvalue weighted by atomic mass is 9.82. The molecule has 1 amide bonds. The van der Waals surface area contributed by atoms with E-state index in [1.165, 1.54) is 12.8 Å². The van der Waals surface area contributed by atoms with Crippen LogP contribution >= 0.6 is 0 Å². The van der Waals surface area contributed by atoms with E-state index in [0.717, 1.165) is 38.4 Å². The molecule has 2 N–H and O–H groups in total. The maximum Gasteiger partial charge on any atom is 0.310 e. The van der Waals surface area contributed by atoms with Crippen molar-refractivity contribution in [3.05, 3.63) is 0 Å². The van der Waals surface area contributed by atoms with Crippen LogP contribution in [-0.4, -0.2) is 48.1 Å². The minimum Gasteiger partial charge on any atom is -0.481 e. The molecular formula is C16H28N2O3. The van der Waals surface area contributed by atoms with Crippen LogP contribution < -0.4 is 5.32 Å². The lowest BCUT2D eigenvalue weighted by Crippen LogP contribution is -2.41. The molecule has 0 aromatic heterocycles. The average molecular weight is 296 g/mol. The van der Waals surface area contributed by atoms with Crippen molar-refractivity contribution in [1.29, 1.82) is 0 Å². The van der Waals surface area contributed by atoms with Gasteiger partial charge in [0.05, 0.1) is 5.41 Å². The molecule has 21 heavy (non-hydrogen) atoms. The van der Waals surface area contributed by atoms with Crippen LogP contribution in [0.3, 0.4) is 0 Å². The quantitative estimate of drug-likeness (QED) is 0.785. The van der Waals surface area contributed by atoms with Crippen molar-refractivity contribution < 1.29 is 14.7 Å². The Bertz CT molecular complexity index is 370. The third kappa shape index (κ3) is 4.43. The maximum absolute atomic E-state index is 12.0. The van der Waals surface area contributed by atoms with E-state index in [2.05, 4.69) is 17.1 Å². The van der Waals surface area contributed by atoms with Crippen LogP contribution in [-0.2, 0) is 9.59 Å². The fourth-order valence-corrected chi connectivity index (χ4v) is 3.53. The van der Waals surface area contributed by atoms with E-state index in [1.807, 2.05) is 0 Å². The Kier molecular flexibility index (Phi) is 5.62. The van der Waals surface area contributed by atoms with Gasteiger partial charge in [-0.05, 0) is 44.7 Å². The number of aliphatic carboxylic acids is 1. The first-order valence-corrected chi connectivity index (χ1v) is 8.24. The second kappa shape index (κ2) is 7.25. The second-order valence-electron chi connectivity index (χ2n) is 6.84. The topological polar surface area (TPSA) is 69.6 Å². The maximum atomic E-state index is 12.0. The Morgan fingerprint density at radius 1 is 1.24 bits per heavy atom. The van der Waals surface area contributed by atoms with E-state index in [4.69, 9.17) is 0 Å². The number of amides is 1. The third-order valence-electron chi connectivity index (χ3n) is 5.14. The van der Waals surface area contributed by atoms with Gasteiger partial charge >= 0.3 is 5.97 Å². The van der Waals surface area contributed by atoms with E-state index < -0.39 is 11.4 Å². The molecule has 0 aromatic carbocycles. The molecular weight excluding hydrogens is 268 g/mol. The molecule has 2 fully saturated rings. The van der Waals surface area contributed by atoms with E-state index in [0.29, 0.717) is 19.4 Å². The van der Waals surface area contributed by atoms with Gasteiger partial charge in [-0.2, -0.15) is 0 Å². The lowest BCUT2D eigenvalue weighted by molar-refractivity contribution is -0.151. The number of hydrogen-bond donors (Lipinski definition) is 2. The molecule has 1 aliphatic heterocycles. The molecule has 1 aliphatic carbocycles.